The summed E-state index contributed by atoms with van der Waals surface area (Å²) < 4.78 is 5.19. The number of amides is 1. The van der Waals surface area contributed by atoms with E-state index in [0.717, 1.165) is 44.9 Å². The first-order valence-electron chi connectivity index (χ1n) is 9.31. The largest absolute Gasteiger partial charge is 0.497 e. The summed E-state index contributed by atoms with van der Waals surface area (Å²) in [5.74, 6) is 2.21. The van der Waals surface area contributed by atoms with Crippen LogP contribution in [0.5, 0.6) is 5.75 Å². The van der Waals surface area contributed by atoms with Crippen LogP contribution in [0, 0.1) is 11.8 Å². The Balaban J connectivity index is 1.35. The number of hydrogen-bond acceptors (Lipinski definition) is 3. The van der Waals surface area contributed by atoms with Crippen molar-refractivity contribution in [2.45, 2.75) is 32.6 Å². The molecule has 4 nitrogen and oxygen atoms in total. The van der Waals surface area contributed by atoms with Gasteiger partial charge in [-0.2, -0.15) is 0 Å². The molecular weight excluding hydrogens is 300 g/mol. The van der Waals surface area contributed by atoms with Crippen molar-refractivity contribution in [2.24, 2.45) is 11.8 Å². The van der Waals surface area contributed by atoms with E-state index < -0.39 is 0 Å². The number of ether oxygens (including phenoxy) is 1. The highest BCUT2D eigenvalue weighted by atomic mass is 16.5. The SMILES string of the molecule is COc1ccc(CCCN2CCN(C(=O)C(C)C3CC3)CC2)cc1. The number of nitrogens with zero attached hydrogens (tertiary/aromatic N) is 2. The zero-order chi connectivity index (χ0) is 16.9. The molecule has 4 heteroatoms. The maximum atomic E-state index is 12.4. The van der Waals surface area contributed by atoms with Crippen LogP contribution in [0.4, 0.5) is 0 Å². The van der Waals surface area contributed by atoms with Crippen molar-refractivity contribution in [3.05, 3.63) is 29.8 Å². The van der Waals surface area contributed by atoms with E-state index in [4.69, 9.17) is 4.74 Å². The molecule has 1 unspecified atom stereocenters. The number of carbonyl (C=O) groups excluding carboxylic acids is 1. The lowest BCUT2D eigenvalue weighted by Gasteiger charge is -2.36. The quantitative estimate of drug-likeness (QED) is 0.771. The van der Waals surface area contributed by atoms with Crippen LogP contribution < -0.4 is 4.74 Å². The molecule has 1 atom stereocenters. The lowest BCUT2D eigenvalue weighted by molar-refractivity contribution is -0.137. The summed E-state index contributed by atoms with van der Waals surface area (Å²) in [4.78, 5) is 17.0. The third-order valence-corrected chi connectivity index (χ3v) is 5.50. The first-order valence-corrected chi connectivity index (χ1v) is 9.31. The van der Waals surface area contributed by atoms with Crippen molar-refractivity contribution in [1.29, 1.82) is 0 Å². The Labute approximate surface area is 145 Å². The summed E-state index contributed by atoms with van der Waals surface area (Å²) in [5, 5.41) is 0. The Bertz CT molecular complexity index is 531. The van der Waals surface area contributed by atoms with Gasteiger partial charge in [-0.15, -0.1) is 0 Å². The van der Waals surface area contributed by atoms with Gasteiger partial charge in [-0.05, 0) is 55.8 Å². The standard InChI is InChI=1S/C20H30N2O2/c1-16(18-7-8-18)20(23)22-14-12-21(13-15-22)11-3-4-17-5-9-19(24-2)10-6-17/h5-6,9-10,16,18H,3-4,7-8,11-15H2,1-2H3. The number of carbonyl (C=O) groups is 1. The van der Waals surface area contributed by atoms with Crippen molar-refractivity contribution in [3.8, 4) is 5.75 Å². The fourth-order valence-corrected chi connectivity index (χ4v) is 3.58. The number of piperazine rings is 1. The molecule has 24 heavy (non-hydrogen) atoms. The summed E-state index contributed by atoms with van der Waals surface area (Å²) in [5.41, 5.74) is 1.36. The lowest BCUT2D eigenvalue weighted by Crippen LogP contribution is -2.50. The maximum absolute atomic E-state index is 12.4. The first-order chi connectivity index (χ1) is 11.7. The predicted octanol–water partition coefficient (Wildman–Crippen LogP) is 2.82. The van der Waals surface area contributed by atoms with Gasteiger partial charge in [0.05, 0.1) is 7.11 Å². The minimum absolute atomic E-state index is 0.242. The molecule has 0 radical (unpaired) electrons. The van der Waals surface area contributed by atoms with E-state index in [-0.39, 0.29) is 5.92 Å². The average molecular weight is 330 g/mol. The van der Waals surface area contributed by atoms with Crippen LogP contribution in [-0.4, -0.2) is 55.5 Å². The topological polar surface area (TPSA) is 32.8 Å². The lowest BCUT2D eigenvalue weighted by atomic mass is 10.0. The molecule has 0 N–H and O–H groups in total. The van der Waals surface area contributed by atoms with Crippen molar-refractivity contribution >= 4 is 5.91 Å². The Morgan fingerprint density at radius 3 is 2.42 bits per heavy atom. The monoisotopic (exact) mass is 330 g/mol. The van der Waals surface area contributed by atoms with Gasteiger partial charge in [0, 0.05) is 32.1 Å². The van der Waals surface area contributed by atoms with Crippen LogP contribution in [0.15, 0.2) is 24.3 Å². The Morgan fingerprint density at radius 1 is 1.17 bits per heavy atom. The Morgan fingerprint density at radius 2 is 1.83 bits per heavy atom. The van der Waals surface area contributed by atoms with Crippen molar-refractivity contribution in [1.82, 2.24) is 9.80 Å². The molecule has 1 aromatic carbocycles. The number of methoxy groups -OCH3 is 1. The van der Waals surface area contributed by atoms with Crippen molar-refractivity contribution < 1.29 is 9.53 Å². The molecule has 0 bridgehead atoms. The zero-order valence-corrected chi connectivity index (χ0v) is 15.0. The highest BCUT2D eigenvalue weighted by Gasteiger charge is 2.35. The van der Waals surface area contributed by atoms with Crippen molar-refractivity contribution in [2.75, 3.05) is 39.8 Å². The van der Waals surface area contributed by atoms with Gasteiger partial charge in [0.2, 0.25) is 5.91 Å². The molecular formula is C20H30N2O2. The van der Waals surface area contributed by atoms with E-state index in [1.807, 2.05) is 12.1 Å². The van der Waals surface area contributed by atoms with Crippen LogP contribution in [-0.2, 0) is 11.2 Å². The van der Waals surface area contributed by atoms with Gasteiger partial charge >= 0.3 is 0 Å². The minimum Gasteiger partial charge on any atom is -0.497 e. The molecule has 2 fully saturated rings. The number of hydrogen-bond donors (Lipinski definition) is 0. The second-order valence-electron chi connectivity index (χ2n) is 7.24. The molecule has 1 aliphatic carbocycles. The molecule has 1 aromatic rings. The second kappa shape index (κ2) is 8.02. The van der Waals surface area contributed by atoms with Gasteiger partial charge in [-0.3, -0.25) is 9.69 Å². The average Bonchev–Trinajstić information content (AvgIpc) is 3.47. The fourth-order valence-electron chi connectivity index (χ4n) is 3.58. The van der Waals surface area contributed by atoms with E-state index in [9.17, 15) is 4.79 Å². The highest BCUT2D eigenvalue weighted by Crippen LogP contribution is 2.37. The fraction of sp³-hybridized carbons (Fsp3) is 0.650. The molecule has 1 saturated carbocycles. The van der Waals surface area contributed by atoms with Gasteiger partial charge in [-0.25, -0.2) is 0 Å². The molecule has 1 heterocycles. The smallest absolute Gasteiger partial charge is 0.225 e. The van der Waals surface area contributed by atoms with Gasteiger partial charge in [0.1, 0.15) is 5.75 Å². The molecule has 0 spiro atoms. The first kappa shape index (κ1) is 17.3. The third kappa shape index (κ3) is 4.50. The number of benzene rings is 1. The van der Waals surface area contributed by atoms with E-state index in [1.54, 1.807) is 7.11 Å². The third-order valence-electron chi connectivity index (χ3n) is 5.50. The van der Waals surface area contributed by atoms with Crippen LogP contribution in [0.2, 0.25) is 0 Å². The van der Waals surface area contributed by atoms with Gasteiger partial charge in [0.25, 0.3) is 0 Å². The minimum atomic E-state index is 0.242. The zero-order valence-electron chi connectivity index (χ0n) is 15.0. The second-order valence-corrected chi connectivity index (χ2v) is 7.24. The van der Waals surface area contributed by atoms with Crippen LogP contribution in [0.3, 0.4) is 0 Å². The van der Waals surface area contributed by atoms with E-state index in [2.05, 4.69) is 28.9 Å². The summed E-state index contributed by atoms with van der Waals surface area (Å²) in [6.45, 7) is 7.07. The van der Waals surface area contributed by atoms with E-state index in [0.29, 0.717) is 11.8 Å². The van der Waals surface area contributed by atoms with E-state index in [1.165, 1.54) is 24.8 Å². The summed E-state index contributed by atoms with van der Waals surface area (Å²) in [6, 6.07) is 8.35. The maximum Gasteiger partial charge on any atom is 0.225 e. The van der Waals surface area contributed by atoms with E-state index >= 15 is 0 Å². The Kier molecular flexibility index (Phi) is 5.77. The predicted molar refractivity (Wildman–Crippen MR) is 96.2 cm³/mol. The van der Waals surface area contributed by atoms with Gasteiger partial charge in [0.15, 0.2) is 0 Å². The highest BCUT2D eigenvalue weighted by molar-refractivity contribution is 5.79. The summed E-state index contributed by atoms with van der Waals surface area (Å²) >= 11 is 0. The number of rotatable bonds is 7. The number of aryl methyl sites for hydroxylation is 1. The summed E-state index contributed by atoms with van der Waals surface area (Å²) in [6.07, 6.45) is 4.76. The molecule has 3 rings (SSSR count). The molecule has 2 aliphatic rings. The Hall–Kier alpha value is -1.55. The molecule has 1 amide bonds. The van der Waals surface area contributed by atoms with Gasteiger partial charge in [-0.1, -0.05) is 19.1 Å². The molecule has 1 saturated heterocycles. The molecule has 1 aliphatic heterocycles. The van der Waals surface area contributed by atoms with Crippen LogP contribution in [0.25, 0.3) is 0 Å². The molecule has 0 aromatic heterocycles. The van der Waals surface area contributed by atoms with Crippen molar-refractivity contribution in [3.63, 3.8) is 0 Å². The van der Waals surface area contributed by atoms with Gasteiger partial charge < -0.3 is 9.64 Å². The normalized spacial score (nSPS) is 20.0. The van der Waals surface area contributed by atoms with Crippen LogP contribution in [0.1, 0.15) is 31.7 Å². The molecule has 132 valence electrons. The van der Waals surface area contributed by atoms with Crippen LogP contribution >= 0.6 is 0 Å². The summed E-state index contributed by atoms with van der Waals surface area (Å²) in [7, 11) is 1.70.